The first-order valence-electron chi connectivity index (χ1n) is 9.92. The molecule has 1 saturated carbocycles. The smallest absolute Gasteiger partial charge is 0.327 e. The molecule has 2 heterocycles. The minimum atomic E-state index is -0.954. The van der Waals surface area contributed by atoms with E-state index in [0.717, 1.165) is 29.0 Å². The first kappa shape index (κ1) is 18.5. The number of rotatable bonds is 5. The first-order chi connectivity index (χ1) is 14.1. The van der Waals surface area contributed by atoms with Crippen LogP contribution in [0.2, 0.25) is 0 Å². The van der Waals surface area contributed by atoms with Gasteiger partial charge in [0.15, 0.2) is 0 Å². The van der Waals surface area contributed by atoms with E-state index in [-0.39, 0.29) is 12.1 Å². The second-order valence-electron chi connectivity index (χ2n) is 7.81. The van der Waals surface area contributed by atoms with E-state index in [4.69, 9.17) is 5.73 Å². The van der Waals surface area contributed by atoms with E-state index in [1.807, 2.05) is 18.2 Å². The van der Waals surface area contributed by atoms with Crippen LogP contribution in [-0.4, -0.2) is 21.4 Å². The van der Waals surface area contributed by atoms with Gasteiger partial charge in [-0.15, -0.1) is 11.8 Å². The van der Waals surface area contributed by atoms with Crippen LogP contribution >= 0.6 is 11.8 Å². The standard InChI is InChI=1S/C23H22N2O3S/c24-11-18-17(10-15-6-3-5-13-4-1-2-7-16(13)15)20(14-8-9-14)22-25(21(18)26)19(12-29-22)23(27)28/h1-7,14,19H,8-12,24H2,(H,27,28)/t19-/m0/s1. The van der Waals surface area contributed by atoms with Crippen LogP contribution in [-0.2, 0) is 17.8 Å². The van der Waals surface area contributed by atoms with Gasteiger partial charge in [0.25, 0.3) is 5.56 Å². The average Bonchev–Trinajstić information content (AvgIpc) is 3.45. The minimum absolute atomic E-state index is 0.121. The summed E-state index contributed by atoms with van der Waals surface area (Å²) in [4.78, 5) is 25.0. The number of hydrogen-bond donors (Lipinski definition) is 2. The van der Waals surface area contributed by atoms with Crippen LogP contribution in [0.3, 0.4) is 0 Å². The van der Waals surface area contributed by atoms with E-state index in [1.165, 1.54) is 32.7 Å². The maximum Gasteiger partial charge on any atom is 0.327 e. The fraction of sp³-hybridized carbons (Fsp3) is 0.304. The van der Waals surface area contributed by atoms with Crippen molar-refractivity contribution >= 4 is 28.5 Å². The van der Waals surface area contributed by atoms with E-state index in [2.05, 4.69) is 24.3 Å². The summed E-state index contributed by atoms with van der Waals surface area (Å²) in [5, 5.41) is 12.8. The number of nitrogens with zero attached hydrogens (tertiary/aromatic N) is 1. The Labute approximate surface area is 172 Å². The number of aromatic nitrogens is 1. The van der Waals surface area contributed by atoms with Crippen LogP contribution in [0.4, 0.5) is 0 Å². The van der Waals surface area contributed by atoms with Gasteiger partial charge in [-0.05, 0) is 52.6 Å². The monoisotopic (exact) mass is 406 g/mol. The normalized spacial score (nSPS) is 18.2. The lowest BCUT2D eigenvalue weighted by Crippen LogP contribution is -2.34. The molecular formula is C23H22N2O3S. The van der Waals surface area contributed by atoms with E-state index in [9.17, 15) is 14.7 Å². The number of benzene rings is 2. The van der Waals surface area contributed by atoms with Crippen molar-refractivity contribution in [3.8, 4) is 0 Å². The fourth-order valence-corrected chi connectivity index (χ4v) is 5.88. The minimum Gasteiger partial charge on any atom is -0.480 e. The highest BCUT2D eigenvalue weighted by molar-refractivity contribution is 7.99. The summed E-state index contributed by atoms with van der Waals surface area (Å²) >= 11 is 1.50. The Morgan fingerprint density at radius 3 is 2.62 bits per heavy atom. The zero-order valence-corrected chi connectivity index (χ0v) is 16.7. The molecule has 1 atom stereocenters. The van der Waals surface area contributed by atoms with Crippen molar-refractivity contribution in [3.63, 3.8) is 0 Å². The Balaban J connectivity index is 1.74. The molecule has 0 unspecified atom stereocenters. The summed E-state index contributed by atoms with van der Waals surface area (Å²) in [5.74, 6) is -0.163. The highest BCUT2D eigenvalue weighted by Gasteiger charge is 2.39. The molecule has 3 N–H and O–H groups in total. The Morgan fingerprint density at radius 1 is 1.14 bits per heavy atom. The molecule has 0 radical (unpaired) electrons. The number of pyridine rings is 1. The highest BCUT2D eigenvalue weighted by Crippen LogP contribution is 2.49. The van der Waals surface area contributed by atoms with Crippen molar-refractivity contribution in [2.45, 2.75) is 42.8 Å². The number of nitrogens with two attached hydrogens (primary N) is 1. The lowest BCUT2D eigenvalue weighted by atomic mass is 9.91. The molecule has 1 aromatic heterocycles. The van der Waals surface area contributed by atoms with Crippen molar-refractivity contribution in [1.29, 1.82) is 0 Å². The summed E-state index contributed by atoms with van der Waals surface area (Å²) in [6.07, 6.45) is 2.80. The largest absolute Gasteiger partial charge is 0.480 e. The molecule has 5 rings (SSSR count). The summed E-state index contributed by atoms with van der Waals surface area (Å²) in [6, 6.07) is 13.7. The second kappa shape index (κ2) is 7.04. The molecule has 5 nitrogen and oxygen atoms in total. The Bertz CT molecular complexity index is 1190. The maximum absolute atomic E-state index is 13.3. The molecule has 1 aliphatic carbocycles. The van der Waals surface area contributed by atoms with Crippen molar-refractivity contribution < 1.29 is 9.90 Å². The molecule has 3 aromatic rings. The Morgan fingerprint density at radius 2 is 1.90 bits per heavy atom. The third-order valence-electron chi connectivity index (χ3n) is 6.03. The summed E-state index contributed by atoms with van der Waals surface area (Å²) in [5.41, 5.74) is 9.73. The first-order valence-corrected chi connectivity index (χ1v) is 10.9. The van der Waals surface area contributed by atoms with Crippen LogP contribution in [0.25, 0.3) is 10.8 Å². The van der Waals surface area contributed by atoms with Crippen molar-refractivity contribution in [2.24, 2.45) is 5.73 Å². The number of carbonyl (C=O) groups is 1. The van der Waals surface area contributed by atoms with Gasteiger partial charge >= 0.3 is 5.97 Å². The summed E-state index contributed by atoms with van der Waals surface area (Å²) < 4.78 is 1.50. The molecule has 0 bridgehead atoms. The molecule has 0 saturated heterocycles. The van der Waals surface area contributed by atoms with Gasteiger partial charge < -0.3 is 10.8 Å². The summed E-state index contributed by atoms with van der Waals surface area (Å²) in [7, 11) is 0. The Hall–Kier alpha value is -2.57. The number of thioether (sulfide) groups is 1. The van der Waals surface area contributed by atoms with Crippen LogP contribution in [0.1, 0.15) is 47.1 Å². The molecule has 1 fully saturated rings. The van der Waals surface area contributed by atoms with Gasteiger partial charge in [0.2, 0.25) is 0 Å². The molecule has 148 valence electrons. The van der Waals surface area contributed by atoms with E-state index in [0.29, 0.717) is 23.7 Å². The average molecular weight is 407 g/mol. The zero-order valence-electron chi connectivity index (χ0n) is 15.9. The predicted octanol–water partition coefficient (Wildman–Crippen LogP) is 3.66. The molecule has 0 amide bonds. The molecule has 1 aliphatic heterocycles. The van der Waals surface area contributed by atoms with Crippen LogP contribution in [0.15, 0.2) is 52.3 Å². The van der Waals surface area contributed by atoms with Crippen molar-refractivity contribution in [2.75, 3.05) is 5.75 Å². The lowest BCUT2D eigenvalue weighted by molar-refractivity contribution is -0.140. The molecule has 2 aromatic carbocycles. The third-order valence-corrected chi connectivity index (χ3v) is 7.20. The summed E-state index contributed by atoms with van der Waals surface area (Å²) in [6.45, 7) is 0.121. The Kier molecular flexibility index (Phi) is 4.48. The van der Waals surface area contributed by atoms with Crippen molar-refractivity contribution in [1.82, 2.24) is 4.57 Å². The van der Waals surface area contributed by atoms with Crippen LogP contribution in [0, 0.1) is 0 Å². The van der Waals surface area contributed by atoms with Gasteiger partial charge in [0, 0.05) is 17.9 Å². The van der Waals surface area contributed by atoms with Crippen molar-refractivity contribution in [3.05, 3.63) is 75.1 Å². The van der Waals surface area contributed by atoms with Gasteiger partial charge in [-0.1, -0.05) is 42.5 Å². The molecule has 0 spiro atoms. The number of hydrogen-bond acceptors (Lipinski definition) is 4. The molecule has 29 heavy (non-hydrogen) atoms. The van der Waals surface area contributed by atoms with E-state index < -0.39 is 12.0 Å². The number of carboxylic acid groups (broad SMARTS) is 1. The van der Waals surface area contributed by atoms with E-state index in [1.54, 1.807) is 0 Å². The zero-order chi connectivity index (χ0) is 20.1. The third kappa shape index (κ3) is 2.98. The number of carboxylic acids is 1. The number of fused-ring (bicyclic) bond motifs is 2. The van der Waals surface area contributed by atoms with Gasteiger partial charge in [0.05, 0.1) is 5.03 Å². The van der Waals surface area contributed by atoms with Gasteiger partial charge in [-0.3, -0.25) is 9.36 Å². The molecule has 6 heteroatoms. The quantitative estimate of drug-likeness (QED) is 0.675. The lowest BCUT2D eigenvalue weighted by Gasteiger charge is -2.20. The van der Waals surface area contributed by atoms with Gasteiger partial charge in [0.1, 0.15) is 6.04 Å². The SMILES string of the molecule is NCc1c(Cc2cccc3ccccc23)c(C2CC2)c2n(c1=O)[C@H](C(=O)O)CS2. The van der Waals surface area contributed by atoms with Gasteiger partial charge in [-0.25, -0.2) is 4.79 Å². The van der Waals surface area contributed by atoms with E-state index >= 15 is 0 Å². The van der Waals surface area contributed by atoms with Crippen LogP contribution < -0.4 is 11.3 Å². The van der Waals surface area contributed by atoms with Gasteiger partial charge in [-0.2, -0.15) is 0 Å². The number of aliphatic carboxylic acids is 1. The maximum atomic E-state index is 13.3. The van der Waals surface area contributed by atoms with Crippen LogP contribution in [0.5, 0.6) is 0 Å². The topological polar surface area (TPSA) is 85.3 Å². The second-order valence-corrected chi connectivity index (χ2v) is 8.82. The molecular weight excluding hydrogens is 384 g/mol. The predicted molar refractivity (Wildman–Crippen MR) is 115 cm³/mol. The molecule has 2 aliphatic rings. The fourth-order valence-electron chi connectivity index (χ4n) is 4.48. The highest BCUT2D eigenvalue weighted by atomic mass is 32.2.